The number of allylic oxidation sites excluding steroid dienone is 6. The second kappa shape index (κ2) is 9.96. The van der Waals surface area contributed by atoms with Crippen LogP contribution in [0.4, 0.5) is 5.69 Å². The van der Waals surface area contributed by atoms with Crippen LogP contribution >= 0.6 is 0 Å². The van der Waals surface area contributed by atoms with Gasteiger partial charge >= 0.3 is 0 Å². The first kappa shape index (κ1) is 23.5. The molecule has 0 N–H and O–H groups in total. The van der Waals surface area contributed by atoms with E-state index in [2.05, 4.69) is 0 Å². The van der Waals surface area contributed by atoms with Crippen molar-refractivity contribution in [3.05, 3.63) is 106 Å². The van der Waals surface area contributed by atoms with Crippen LogP contribution in [-0.2, 0) is 14.6 Å². The molecule has 0 radical (unpaired) electrons. The minimum atomic E-state index is -3.29. The maximum Gasteiger partial charge on any atom is 0.259 e. The van der Waals surface area contributed by atoms with Crippen LogP contribution in [0.5, 0.6) is 0 Å². The molecule has 0 unspecified atom stereocenters. The number of anilines is 1. The molecule has 1 aliphatic rings. The van der Waals surface area contributed by atoms with Crippen molar-refractivity contribution < 1.29 is 13.2 Å². The van der Waals surface area contributed by atoms with Gasteiger partial charge in [0.25, 0.3) is 5.91 Å². The molecule has 0 saturated heterocycles. The van der Waals surface area contributed by atoms with Crippen LogP contribution < -0.4 is 4.90 Å². The fraction of sp³-hybridized carbons (Fsp3) is 0.222. The van der Waals surface area contributed by atoms with E-state index in [9.17, 15) is 13.2 Å². The lowest BCUT2D eigenvalue weighted by Gasteiger charge is -2.24. The van der Waals surface area contributed by atoms with Crippen LogP contribution in [0.3, 0.4) is 0 Å². The molecule has 0 aromatic heterocycles. The second-order valence-electron chi connectivity index (χ2n) is 7.86. The van der Waals surface area contributed by atoms with E-state index >= 15 is 0 Å². The van der Waals surface area contributed by atoms with E-state index in [4.69, 9.17) is 0 Å². The van der Waals surface area contributed by atoms with Crippen molar-refractivity contribution in [3.63, 3.8) is 0 Å². The van der Waals surface area contributed by atoms with E-state index in [0.717, 1.165) is 28.0 Å². The highest BCUT2D eigenvalue weighted by Crippen LogP contribution is 2.30. The largest absolute Gasteiger partial charge is 0.309 e. The molecule has 166 valence electrons. The summed E-state index contributed by atoms with van der Waals surface area (Å²) in [5.74, 6) is -0.0881. The van der Waals surface area contributed by atoms with E-state index in [0.29, 0.717) is 23.4 Å². The Kier molecular flexibility index (Phi) is 7.31. The lowest BCUT2D eigenvalue weighted by Crippen LogP contribution is -2.32. The third-order valence-corrected chi connectivity index (χ3v) is 6.66. The number of carbonyl (C=O) groups is 1. The van der Waals surface area contributed by atoms with Crippen LogP contribution in [0.2, 0.25) is 0 Å². The van der Waals surface area contributed by atoms with Gasteiger partial charge in [0.1, 0.15) is 0 Å². The zero-order chi connectivity index (χ0) is 23.3. The minimum absolute atomic E-state index is 0.0881. The molecule has 5 heteroatoms. The van der Waals surface area contributed by atoms with Crippen molar-refractivity contribution in [2.75, 3.05) is 17.7 Å². The molecule has 0 aliphatic heterocycles. The number of amides is 1. The molecule has 0 saturated carbocycles. The molecule has 32 heavy (non-hydrogen) atoms. The average molecular weight is 448 g/mol. The summed E-state index contributed by atoms with van der Waals surface area (Å²) in [6.07, 6.45) is 8.74. The standard InChI is InChI=1S/C27H29NO3S/c1-5-28(24-17-14-20(2)15-18-24)27(29)26(23-10-7-6-8-11-23)21(3)22-12-9-13-25(19-16-22)32(4,30)31/h6-8,10-19H,5,9H2,1-4H3/b26-21+. The predicted molar refractivity (Wildman–Crippen MR) is 133 cm³/mol. The van der Waals surface area contributed by atoms with Crippen LogP contribution in [-0.4, -0.2) is 27.1 Å². The Labute approximate surface area is 191 Å². The number of sulfone groups is 1. The number of rotatable bonds is 6. The van der Waals surface area contributed by atoms with Gasteiger partial charge in [0.2, 0.25) is 0 Å². The van der Waals surface area contributed by atoms with Gasteiger partial charge < -0.3 is 4.90 Å². The molecule has 0 spiro atoms. The molecular formula is C27H29NO3S. The fourth-order valence-corrected chi connectivity index (χ4v) is 4.43. The van der Waals surface area contributed by atoms with Gasteiger partial charge in [0.15, 0.2) is 9.84 Å². The highest BCUT2D eigenvalue weighted by Gasteiger charge is 2.23. The normalized spacial score (nSPS) is 14.8. The highest BCUT2D eigenvalue weighted by atomic mass is 32.2. The minimum Gasteiger partial charge on any atom is -0.309 e. The second-order valence-corrected chi connectivity index (χ2v) is 9.87. The summed E-state index contributed by atoms with van der Waals surface area (Å²) in [4.78, 5) is 15.9. The molecule has 0 atom stereocenters. The summed E-state index contributed by atoms with van der Waals surface area (Å²) in [6, 6.07) is 17.5. The van der Waals surface area contributed by atoms with Crippen molar-refractivity contribution in [3.8, 4) is 0 Å². The molecule has 3 rings (SSSR count). The summed E-state index contributed by atoms with van der Waals surface area (Å²) >= 11 is 0. The average Bonchev–Trinajstić information content (AvgIpc) is 3.03. The summed E-state index contributed by atoms with van der Waals surface area (Å²) in [7, 11) is -3.29. The predicted octanol–water partition coefficient (Wildman–Crippen LogP) is 5.64. The van der Waals surface area contributed by atoms with Crippen molar-refractivity contribution in [2.45, 2.75) is 27.2 Å². The van der Waals surface area contributed by atoms with Gasteiger partial charge in [-0.1, -0.05) is 66.3 Å². The number of hydrogen-bond donors (Lipinski definition) is 0. The third kappa shape index (κ3) is 5.35. The number of likely N-dealkylation sites (N-methyl/N-ethyl adjacent to an activating group) is 1. The number of nitrogens with zero attached hydrogens (tertiary/aromatic N) is 1. The number of aryl methyl sites for hydroxylation is 1. The van der Waals surface area contributed by atoms with Gasteiger partial charge in [-0.05, 0) is 62.1 Å². The first-order valence-electron chi connectivity index (χ1n) is 10.7. The monoisotopic (exact) mass is 447 g/mol. The van der Waals surface area contributed by atoms with E-state index in [1.807, 2.05) is 81.4 Å². The Morgan fingerprint density at radius 3 is 2.22 bits per heavy atom. The molecule has 1 aliphatic carbocycles. The van der Waals surface area contributed by atoms with E-state index < -0.39 is 9.84 Å². The first-order chi connectivity index (χ1) is 15.2. The SMILES string of the molecule is CCN(C(=O)/C(=C(\C)C1=CCC=C(S(C)(=O)=O)C=C1)c1ccccc1)c1ccc(C)cc1. The molecule has 2 aromatic carbocycles. The summed E-state index contributed by atoms with van der Waals surface area (Å²) < 4.78 is 23.9. The molecule has 4 nitrogen and oxygen atoms in total. The van der Waals surface area contributed by atoms with Crippen molar-refractivity contribution in [1.29, 1.82) is 0 Å². The zero-order valence-corrected chi connectivity index (χ0v) is 19.8. The molecule has 0 fully saturated rings. The van der Waals surface area contributed by atoms with E-state index in [1.165, 1.54) is 6.26 Å². The maximum absolute atomic E-state index is 13.9. The molecule has 2 aromatic rings. The Morgan fingerprint density at radius 2 is 1.62 bits per heavy atom. The van der Waals surface area contributed by atoms with Crippen LogP contribution in [0.25, 0.3) is 5.57 Å². The number of hydrogen-bond acceptors (Lipinski definition) is 3. The number of carbonyl (C=O) groups excluding carboxylic acids is 1. The smallest absolute Gasteiger partial charge is 0.259 e. The lowest BCUT2D eigenvalue weighted by molar-refractivity contribution is -0.113. The van der Waals surface area contributed by atoms with Gasteiger partial charge in [0, 0.05) is 18.5 Å². The molecule has 1 amide bonds. The van der Waals surface area contributed by atoms with Crippen molar-refractivity contribution in [1.82, 2.24) is 0 Å². The van der Waals surface area contributed by atoms with E-state index in [-0.39, 0.29) is 5.91 Å². The topological polar surface area (TPSA) is 54.5 Å². The van der Waals surface area contributed by atoms with Gasteiger partial charge in [-0.15, -0.1) is 0 Å². The van der Waals surface area contributed by atoms with Gasteiger partial charge in [-0.25, -0.2) is 8.42 Å². The van der Waals surface area contributed by atoms with Gasteiger partial charge in [-0.3, -0.25) is 4.79 Å². The molecular weight excluding hydrogens is 418 g/mol. The number of benzene rings is 2. The quantitative estimate of drug-likeness (QED) is 0.539. The Morgan fingerprint density at radius 1 is 0.969 bits per heavy atom. The molecule has 0 bridgehead atoms. The highest BCUT2D eigenvalue weighted by molar-refractivity contribution is 7.94. The Balaban J connectivity index is 2.10. The summed E-state index contributed by atoms with van der Waals surface area (Å²) in [6.45, 7) is 6.43. The Hall–Kier alpha value is -3.18. The first-order valence-corrected chi connectivity index (χ1v) is 12.5. The molecule has 0 heterocycles. The van der Waals surface area contributed by atoms with Gasteiger partial charge in [-0.2, -0.15) is 0 Å². The van der Waals surface area contributed by atoms with Gasteiger partial charge in [0.05, 0.1) is 10.5 Å². The van der Waals surface area contributed by atoms with E-state index in [1.54, 1.807) is 23.1 Å². The zero-order valence-electron chi connectivity index (χ0n) is 19.0. The fourth-order valence-electron chi connectivity index (χ4n) is 3.72. The van der Waals surface area contributed by atoms with Crippen LogP contribution in [0.15, 0.2) is 95.0 Å². The summed E-state index contributed by atoms with van der Waals surface area (Å²) in [5.41, 5.74) is 5.06. The van der Waals surface area contributed by atoms with Crippen molar-refractivity contribution in [2.24, 2.45) is 0 Å². The van der Waals surface area contributed by atoms with Crippen LogP contribution in [0.1, 0.15) is 31.4 Å². The van der Waals surface area contributed by atoms with Crippen molar-refractivity contribution >= 4 is 27.0 Å². The maximum atomic E-state index is 13.9. The summed E-state index contributed by atoms with van der Waals surface area (Å²) in [5, 5.41) is 0. The lowest BCUT2D eigenvalue weighted by atomic mass is 9.93. The van der Waals surface area contributed by atoms with Crippen LogP contribution in [0, 0.1) is 6.92 Å². The Bertz CT molecular complexity index is 1220. The third-order valence-electron chi connectivity index (χ3n) is 5.50.